The number of nitrogens with zero attached hydrogens (tertiary/aromatic N) is 1. The van der Waals surface area contributed by atoms with Crippen LogP contribution in [0.1, 0.15) is 31.0 Å². The van der Waals surface area contributed by atoms with Crippen LogP contribution in [-0.2, 0) is 19.4 Å². The summed E-state index contributed by atoms with van der Waals surface area (Å²) in [6, 6.07) is 6.33. The van der Waals surface area contributed by atoms with Crippen LogP contribution in [0.3, 0.4) is 0 Å². The van der Waals surface area contributed by atoms with Crippen molar-refractivity contribution in [1.82, 2.24) is 4.57 Å². The molecule has 0 amide bonds. The van der Waals surface area contributed by atoms with Gasteiger partial charge < -0.3 is 10.3 Å². The largest absolute Gasteiger partial charge is 0.399 e. The van der Waals surface area contributed by atoms with Crippen molar-refractivity contribution < 1.29 is 0 Å². The zero-order valence-electron chi connectivity index (χ0n) is 9.79. The van der Waals surface area contributed by atoms with Crippen LogP contribution in [0.2, 0.25) is 0 Å². The van der Waals surface area contributed by atoms with E-state index in [1.54, 1.807) is 11.3 Å². The van der Waals surface area contributed by atoms with Crippen LogP contribution >= 0.6 is 0 Å². The molecule has 1 heterocycles. The molecule has 3 rings (SSSR count). The van der Waals surface area contributed by atoms with Gasteiger partial charge in [-0.15, -0.1) is 0 Å². The van der Waals surface area contributed by atoms with Gasteiger partial charge in [-0.2, -0.15) is 0 Å². The highest BCUT2D eigenvalue weighted by Crippen LogP contribution is 2.33. The molecule has 2 nitrogen and oxygen atoms in total. The van der Waals surface area contributed by atoms with Crippen molar-refractivity contribution in [3.05, 3.63) is 29.5 Å². The molecule has 0 fully saturated rings. The highest BCUT2D eigenvalue weighted by atomic mass is 15.0. The third kappa shape index (κ3) is 1.26. The van der Waals surface area contributed by atoms with E-state index in [4.69, 9.17) is 5.73 Å². The van der Waals surface area contributed by atoms with Crippen LogP contribution < -0.4 is 5.73 Å². The van der Waals surface area contributed by atoms with Crippen LogP contribution in [0.15, 0.2) is 18.2 Å². The molecule has 1 aliphatic rings. The van der Waals surface area contributed by atoms with Gasteiger partial charge in [-0.1, -0.05) is 0 Å². The molecule has 0 saturated heterocycles. The van der Waals surface area contributed by atoms with Crippen molar-refractivity contribution >= 4 is 16.6 Å². The number of fused-ring (bicyclic) bond motifs is 3. The number of rotatable bonds is 1. The number of aryl methyl sites for hydroxylation is 2. The minimum absolute atomic E-state index is 0.883. The van der Waals surface area contributed by atoms with Crippen molar-refractivity contribution in [2.24, 2.45) is 0 Å². The summed E-state index contributed by atoms with van der Waals surface area (Å²) >= 11 is 0. The fourth-order valence-corrected chi connectivity index (χ4v) is 3.01. The number of benzene rings is 1. The molecular weight excluding hydrogens is 196 g/mol. The first-order valence-electron chi connectivity index (χ1n) is 6.20. The Morgan fingerprint density at radius 1 is 1.25 bits per heavy atom. The van der Waals surface area contributed by atoms with E-state index in [0.717, 1.165) is 12.2 Å². The van der Waals surface area contributed by atoms with Crippen molar-refractivity contribution in [3.63, 3.8) is 0 Å². The van der Waals surface area contributed by atoms with E-state index < -0.39 is 0 Å². The number of aromatic nitrogens is 1. The molecule has 0 saturated carbocycles. The normalized spacial score (nSPS) is 15.3. The molecule has 84 valence electrons. The van der Waals surface area contributed by atoms with Crippen molar-refractivity contribution in [2.45, 2.75) is 39.2 Å². The van der Waals surface area contributed by atoms with Gasteiger partial charge in [-0.05, 0) is 56.4 Å². The lowest BCUT2D eigenvalue weighted by atomic mass is 9.95. The lowest BCUT2D eigenvalue weighted by Gasteiger charge is -2.14. The molecule has 0 radical (unpaired) electrons. The number of hydrogen-bond donors (Lipinski definition) is 1. The molecule has 0 unspecified atom stereocenters. The zero-order chi connectivity index (χ0) is 11.1. The van der Waals surface area contributed by atoms with E-state index >= 15 is 0 Å². The van der Waals surface area contributed by atoms with Crippen molar-refractivity contribution in [2.75, 3.05) is 5.73 Å². The molecular formula is C14H18N2. The van der Waals surface area contributed by atoms with E-state index in [-0.39, 0.29) is 0 Å². The number of nitrogens with two attached hydrogens (primary N) is 1. The Kier molecular flexibility index (Phi) is 2.16. The van der Waals surface area contributed by atoms with Gasteiger partial charge in [0.25, 0.3) is 0 Å². The summed E-state index contributed by atoms with van der Waals surface area (Å²) < 4.78 is 2.46. The second kappa shape index (κ2) is 3.55. The summed E-state index contributed by atoms with van der Waals surface area (Å²) in [6.07, 6.45) is 5.11. The monoisotopic (exact) mass is 214 g/mol. The quantitative estimate of drug-likeness (QED) is 0.726. The van der Waals surface area contributed by atoms with E-state index in [1.165, 1.54) is 36.6 Å². The molecule has 2 aromatic rings. The Balaban J connectivity index is 2.37. The van der Waals surface area contributed by atoms with Crippen LogP contribution in [-0.4, -0.2) is 4.57 Å². The second-order valence-electron chi connectivity index (χ2n) is 4.65. The van der Waals surface area contributed by atoms with Crippen LogP contribution in [0.25, 0.3) is 10.9 Å². The molecule has 2 N–H and O–H groups in total. The summed E-state index contributed by atoms with van der Waals surface area (Å²) in [6.45, 7) is 3.29. The standard InChI is InChI=1S/C14H18N2/c1-2-16-13-6-4-3-5-11(13)12-9-10(15)7-8-14(12)16/h7-9H,2-6,15H2,1H3. The Hall–Kier alpha value is -1.44. The first kappa shape index (κ1) is 9.76. The van der Waals surface area contributed by atoms with Crippen molar-refractivity contribution in [1.29, 1.82) is 0 Å². The first-order chi connectivity index (χ1) is 7.81. The second-order valence-corrected chi connectivity index (χ2v) is 4.65. The minimum atomic E-state index is 0.883. The summed E-state index contributed by atoms with van der Waals surface area (Å²) in [5.41, 5.74) is 11.2. The molecule has 0 bridgehead atoms. The summed E-state index contributed by atoms with van der Waals surface area (Å²) in [7, 11) is 0. The van der Waals surface area contributed by atoms with Gasteiger partial charge in [0.05, 0.1) is 0 Å². The van der Waals surface area contributed by atoms with E-state index in [1.807, 2.05) is 6.07 Å². The molecule has 0 spiro atoms. The Bertz CT molecular complexity index is 537. The van der Waals surface area contributed by atoms with Gasteiger partial charge in [0, 0.05) is 28.8 Å². The predicted octanol–water partition coefficient (Wildman–Crippen LogP) is 3.12. The van der Waals surface area contributed by atoms with Crippen molar-refractivity contribution in [3.8, 4) is 0 Å². The molecule has 1 aliphatic carbocycles. The minimum Gasteiger partial charge on any atom is -0.399 e. The summed E-state index contributed by atoms with van der Waals surface area (Å²) in [5, 5.41) is 1.39. The number of nitrogen functional groups attached to an aromatic ring is 1. The molecule has 16 heavy (non-hydrogen) atoms. The van der Waals surface area contributed by atoms with Crippen LogP contribution in [0, 0.1) is 0 Å². The Morgan fingerprint density at radius 3 is 2.88 bits per heavy atom. The maximum absolute atomic E-state index is 5.90. The molecule has 0 aliphatic heterocycles. The number of anilines is 1. The average molecular weight is 214 g/mol. The summed E-state index contributed by atoms with van der Waals surface area (Å²) in [4.78, 5) is 0. The van der Waals surface area contributed by atoms with E-state index in [0.29, 0.717) is 0 Å². The van der Waals surface area contributed by atoms with Gasteiger partial charge in [0.1, 0.15) is 0 Å². The number of hydrogen-bond acceptors (Lipinski definition) is 1. The molecule has 0 atom stereocenters. The highest BCUT2D eigenvalue weighted by Gasteiger charge is 2.18. The van der Waals surface area contributed by atoms with Gasteiger partial charge in [-0.25, -0.2) is 0 Å². The third-order valence-electron chi connectivity index (χ3n) is 3.72. The van der Waals surface area contributed by atoms with Gasteiger partial charge in [0.2, 0.25) is 0 Å². The Morgan fingerprint density at radius 2 is 2.06 bits per heavy atom. The predicted molar refractivity (Wildman–Crippen MR) is 68.7 cm³/mol. The topological polar surface area (TPSA) is 30.9 Å². The van der Waals surface area contributed by atoms with E-state index in [2.05, 4.69) is 23.6 Å². The van der Waals surface area contributed by atoms with E-state index in [9.17, 15) is 0 Å². The summed E-state index contributed by atoms with van der Waals surface area (Å²) in [5.74, 6) is 0. The zero-order valence-corrected chi connectivity index (χ0v) is 9.79. The molecule has 2 heteroatoms. The Labute approximate surface area is 96.1 Å². The average Bonchev–Trinajstić information content (AvgIpc) is 2.62. The fourth-order valence-electron chi connectivity index (χ4n) is 3.01. The maximum Gasteiger partial charge on any atom is 0.0486 e. The SMILES string of the molecule is CCn1c2c(c3cc(N)ccc31)CCCC2. The molecule has 1 aromatic carbocycles. The van der Waals surface area contributed by atoms with Crippen LogP contribution in [0.5, 0.6) is 0 Å². The smallest absolute Gasteiger partial charge is 0.0486 e. The van der Waals surface area contributed by atoms with Gasteiger partial charge >= 0.3 is 0 Å². The molecule has 1 aromatic heterocycles. The maximum atomic E-state index is 5.90. The lowest BCUT2D eigenvalue weighted by molar-refractivity contribution is 0.630. The van der Waals surface area contributed by atoms with Crippen LogP contribution in [0.4, 0.5) is 5.69 Å². The van der Waals surface area contributed by atoms with Gasteiger partial charge in [-0.3, -0.25) is 0 Å². The fraction of sp³-hybridized carbons (Fsp3) is 0.429. The first-order valence-corrected chi connectivity index (χ1v) is 6.20. The highest BCUT2D eigenvalue weighted by molar-refractivity contribution is 5.88. The van der Waals surface area contributed by atoms with Gasteiger partial charge in [0.15, 0.2) is 0 Å². The third-order valence-corrected chi connectivity index (χ3v) is 3.72. The lowest BCUT2D eigenvalue weighted by Crippen LogP contribution is -2.06.